The average Bonchev–Trinajstić information content (AvgIpc) is 2.25. The van der Waals surface area contributed by atoms with Gasteiger partial charge >= 0.3 is 0 Å². The van der Waals surface area contributed by atoms with E-state index in [0.29, 0.717) is 12.1 Å². The van der Waals surface area contributed by atoms with Gasteiger partial charge in [0.2, 0.25) is 0 Å². The Balaban J connectivity index is 2.02. The molecular formula is C12H26N2O. The lowest BCUT2D eigenvalue weighted by Crippen LogP contribution is -2.37. The maximum Gasteiger partial charge on any atom is 0.0699 e. The smallest absolute Gasteiger partial charge is 0.0699 e. The maximum absolute atomic E-state index is 5.68. The van der Waals surface area contributed by atoms with Crippen LogP contribution in [0.2, 0.25) is 0 Å². The molecule has 1 rings (SSSR count). The van der Waals surface area contributed by atoms with Crippen LogP contribution in [-0.4, -0.2) is 50.8 Å². The van der Waals surface area contributed by atoms with Gasteiger partial charge in [-0.2, -0.15) is 0 Å². The van der Waals surface area contributed by atoms with Gasteiger partial charge in [-0.15, -0.1) is 0 Å². The van der Waals surface area contributed by atoms with E-state index in [4.69, 9.17) is 4.74 Å². The summed E-state index contributed by atoms with van der Waals surface area (Å²) in [6, 6.07) is 0.595. The van der Waals surface area contributed by atoms with E-state index in [1.54, 1.807) is 0 Å². The number of nitrogens with zero attached hydrogens (tertiary/aromatic N) is 1. The molecule has 0 aromatic carbocycles. The Morgan fingerprint density at radius 1 is 1.40 bits per heavy atom. The van der Waals surface area contributed by atoms with Crippen LogP contribution in [0.4, 0.5) is 0 Å². The first kappa shape index (κ1) is 12.9. The van der Waals surface area contributed by atoms with Crippen molar-refractivity contribution >= 4 is 0 Å². The Labute approximate surface area is 94.2 Å². The van der Waals surface area contributed by atoms with Crippen LogP contribution in [0.3, 0.4) is 0 Å². The molecule has 2 unspecified atom stereocenters. The van der Waals surface area contributed by atoms with E-state index in [1.807, 2.05) is 0 Å². The Kier molecular flexibility index (Phi) is 6.22. The van der Waals surface area contributed by atoms with Gasteiger partial charge in [-0.05, 0) is 53.2 Å². The second-order valence-corrected chi connectivity index (χ2v) is 4.89. The largest absolute Gasteiger partial charge is 0.377 e. The average molecular weight is 214 g/mol. The molecule has 15 heavy (non-hydrogen) atoms. The first-order chi connectivity index (χ1) is 7.18. The highest BCUT2D eigenvalue weighted by Crippen LogP contribution is 2.11. The molecule has 2 atom stereocenters. The van der Waals surface area contributed by atoms with Crippen molar-refractivity contribution in [3.05, 3.63) is 0 Å². The van der Waals surface area contributed by atoms with Crippen LogP contribution >= 0.6 is 0 Å². The normalized spacial score (nSPS) is 24.4. The number of hydrogen-bond acceptors (Lipinski definition) is 3. The van der Waals surface area contributed by atoms with Crippen molar-refractivity contribution in [2.75, 3.05) is 33.8 Å². The summed E-state index contributed by atoms with van der Waals surface area (Å²) in [6.07, 6.45) is 5.47. The molecule has 1 fully saturated rings. The molecular weight excluding hydrogens is 188 g/mol. The third-order valence-corrected chi connectivity index (χ3v) is 2.98. The van der Waals surface area contributed by atoms with Crippen LogP contribution in [-0.2, 0) is 4.74 Å². The summed E-state index contributed by atoms with van der Waals surface area (Å²) in [5, 5.41) is 3.56. The molecule has 90 valence electrons. The van der Waals surface area contributed by atoms with Crippen LogP contribution in [0.1, 0.15) is 32.6 Å². The molecule has 0 bridgehead atoms. The third-order valence-electron chi connectivity index (χ3n) is 2.98. The Bertz CT molecular complexity index is 156. The van der Waals surface area contributed by atoms with Crippen molar-refractivity contribution in [1.82, 2.24) is 10.2 Å². The van der Waals surface area contributed by atoms with E-state index in [2.05, 4.69) is 31.2 Å². The van der Waals surface area contributed by atoms with Gasteiger partial charge in [-0.25, -0.2) is 0 Å². The predicted molar refractivity (Wildman–Crippen MR) is 64.2 cm³/mol. The minimum atomic E-state index is 0.459. The second-order valence-electron chi connectivity index (χ2n) is 4.89. The topological polar surface area (TPSA) is 24.5 Å². The molecule has 0 saturated carbocycles. The van der Waals surface area contributed by atoms with Crippen molar-refractivity contribution < 1.29 is 4.74 Å². The van der Waals surface area contributed by atoms with E-state index in [9.17, 15) is 0 Å². The fraction of sp³-hybridized carbons (Fsp3) is 1.00. The maximum atomic E-state index is 5.68. The summed E-state index contributed by atoms with van der Waals surface area (Å²) in [7, 11) is 4.24. The van der Waals surface area contributed by atoms with E-state index in [1.165, 1.54) is 25.7 Å². The molecule has 1 heterocycles. The van der Waals surface area contributed by atoms with Gasteiger partial charge in [0.05, 0.1) is 6.10 Å². The SMILES string of the molecule is CC(CCN(C)C)NCC1CCCCO1. The minimum Gasteiger partial charge on any atom is -0.377 e. The molecule has 0 spiro atoms. The highest BCUT2D eigenvalue weighted by atomic mass is 16.5. The van der Waals surface area contributed by atoms with Crippen LogP contribution in [0.5, 0.6) is 0 Å². The molecule has 1 aliphatic heterocycles. The first-order valence-corrected chi connectivity index (χ1v) is 6.18. The van der Waals surface area contributed by atoms with Crippen molar-refractivity contribution in [3.8, 4) is 0 Å². The summed E-state index contributed by atoms with van der Waals surface area (Å²) in [5.74, 6) is 0. The Hall–Kier alpha value is -0.120. The fourth-order valence-corrected chi connectivity index (χ4v) is 1.85. The highest BCUT2D eigenvalue weighted by Gasteiger charge is 2.14. The lowest BCUT2D eigenvalue weighted by Gasteiger charge is -2.25. The van der Waals surface area contributed by atoms with Gasteiger partial charge in [0.1, 0.15) is 0 Å². The molecule has 0 amide bonds. The van der Waals surface area contributed by atoms with Gasteiger partial charge in [0.15, 0.2) is 0 Å². The van der Waals surface area contributed by atoms with Crippen molar-refractivity contribution in [3.63, 3.8) is 0 Å². The van der Waals surface area contributed by atoms with Crippen LogP contribution in [0.15, 0.2) is 0 Å². The monoisotopic (exact) mass is 214 g/mol. The standard InChI is InChI=1S/C12H26N2O/c1-11(7-8-14(2)3)13-10-12-6-4-5-9-15-12/h11-13H,4-10H2,1-3H3. The van der Waals surface area contributed by atoms with Crippen LogP contribution in [0, 0.1) is 0 Å². The lowest BCUT2D eigenvalue weighted by molar-refractivity contribution is 0.0154. The Morgan fingerprint density at radius 3 is 2.80 bits per heavy atom. The van der Waals surface area contributed by atoms with Gasteiger partial charge in [0.25, 0.3) is 0 Å². The molecule has 3 heteroatoms. The van der Waals surface area contributed by atoms with Gasteiger partial charge in [-0.3, -0.25) is 0 Å². The zero-order chi connectivity index (χ0) is 11.1. The number of rotatable bonds is 6. The van der Waals surface area contributed by atoms with Gasteiger partial charge < -0.3 is 15.0 Å². The highest BCUT2D eigenvalue weighted by molar-refractivity contribution is 4.70. The van der Waals surface area contributed by atoms with E-state index >= 15 is 0 Å². The van der Waals surface area contributed by atoms with Crippen LogP contribution < -0.4 is 5.32 Å². The van der Waals surface area contributed by atoms with E-state index in [-0.39, 0.29) is 0 Å². The summed E-state index contributed by atoms with van der Waals surface area (Å²) >= 11 is 0. The van der Waals surface area contributed by atoms with Crippen molar-refractivity contribution in [2.45, 2.75) is 44.8 Å². The molecule has 0 aromatic heterocycles. The zero-order valence-electron chi connectivity index (χ0n) is 10.5. The summed E-state index contributed by atoms with van der Waals surface area (Å²) in [6.45, 7) is 5.39. The molecule has 3 nitrogen and oxygen atoms in total. The van der Waals surface area contributed by atoms with Crippen molar-refractivity contribution in [2.24, 2.45) is 0 Å². The molecule has 1 aliphatic rings. The number of ether oxygens (including phenoxy) is 1. The number of nitrogens with one attached hydrogen (secondary N) is 1. The third kappa shape index (κ3) is 6.13. The second kappa shape index (κ2) is 7.20. The first-order valence-electron chi connectivity index (χ1n) is 6.18. The van der Waals surface area contributed by atoms with Crippen LogP contribution in [0.25, 0.3) is 0 Å². The molecule has 0 radical (unpaired) electrons. The summed E-state index contributed by atoms with van der Waals surface area (Å²) < 4.78 is 5.68. The zero-order valence-corrected chi connectivity index (χ0v) is 10.5. The van der Waals surface area contributed by atoms with E-state index in [0.717, 1.165) is 19.7 Å². The minimum absolute atomic E-state index is 0.459. The summed E-state index contributed by atoms with van der Waals surface area (Å²) in [4.78, 5) is 2.23. The molecule has 1 N–H and O–H groups in total. The lowest BCUT2D eigenvalue weighted by atomic mass is 10.1. The quantitative estimate of drug-likeness (QED) is 0.725. The van der Waals surface area contributed by atoms with E-state index < -0.39 is 0 Å². The fourth-order valence-electron chi connectivity index (χ4n) is 1.85. The predicted octanol–water partition coefficient (Wildman–Crippen LogP) is 1.49. The molecule has 0 aliphatic carbocycles. The summed E-state index contributed by atoms with van der Waals surface area (Å²) in [5.41, 5.74) is 0. The van der Waals surface area contributed by atoms with Crippen molar-refractivity contribution in [1.29, 1.82) is 0 Å². The number of hydrogen-bond donors (Lipinski definition) is 1. The molecule has 1 saturated heterocycles. The van der Waals surface area contributed by atoms with Gasteiger partial charge in [0, 0.05) is 19.2 Å². The van der Waals surface area contributed by atoms with Gasteiger partial charge in [-0.1, -0.05) is 0 Å². The Morgan fingerprint density at radius 2 is 2.20 bits per heavy atom. The molecule has 0 aromatic rings.